The van der Waals surface area contributed by atoms with Crippen LogP contribution < -0.4 is 21.9 Å². The molecule has 0 saturated carbocycles. The van der Waals surface area contributed by atoms with Crippen LogP contribution in [0.25, 0.3) is 0 Å². The smallest absolute Gasteiger partial charge is 0.330 e. The summed E-state index contributed by atoms with van der Waals surface area (Å²) in [5.74, 6) is -0.204. The van der Waals surface area contributed by atoms with Crippen LogP contribution in [0.3, 0.4) is 0 Å². The third-order valence-electron chi connectivity index (χ3n) is 5.71. The van der Waals surface area contributed by atoms with Gasteiger partial charge in [0.2, 0.25) is 5.91 Å². The number of aromatic nitrogens is 2. The van der Waals surface area contributed by atoms with Gasteiger partial charge < -0.3 is 15.4 Å². The van der Waals surface area contributed by atoms with E-state index in [-0.39, 0.29) is 29.9 Å². The van der Waals surface area contributed by atoms with Gasteiger partial charge in [0.15, 0.2) is 5.69 Å². The molecule has 0 fully saturated rings. The summed E-state index contributed by atoms with van der Waals surface area (Å²) in [7, 11) is 0. The lowest BCUT2D eigenvalue weighted by Gasteiger charge is -2.29. The number of unbranched alkanes of at least 4 members (excludes halogenated alkanes) is 2. The number of nitrogens with one attached hydrogen (secondary N) is 1. The lowest BCUT2D eigenvalue weighted by atomic mass is 9.95. The third-order valence-corrected chi connectivity index (χ3v) is 5.71. The lowest BCUT2D eigenvalue weighted by molar-refractivity contribution is -0.121. The maximum Gasteiger partial charge on any atom is 0.330 e. The van der Waals surface area contributed by atoms with E-state index < -0.39 is 11.2 Å². The van der Waals surface area contributed by atoms with Gasteiger partial charge in [-0.25, -0.2) is 4.79 Å². The molecule has 8 heteroatoms. The maximum atomic E-state index is 13.4. The molecule has 8 nitrogen and oxygen atoms in total. The second-order valence-electron chi connectivity index (χ2n) is 7.91. The maximum absolute atomic E-state index is 13.4. The van der Waals surface area contributed by atoms with E-state index in [0.29, 0.717) is 26.1 Å². The number of carbonyl (C=O) groups excluding carboxylic acids is 1. The summed E-state index contributed by atoms with van der Waals surface area (Å²) in [6, 6.07) is 7.95. The van der Waals surface area contributed by atoms with Crippen molar-refractivity contribution in [3.8, 4) is 0 Å². The summed E-state index contributed by atoms with van der Waals surface area (Å²) < 4.78 is 7.25. The number of nitrogens with zero attached hydrogens (tertiary/aromatic N) is 2. The average Bonchev–Trinajstić information content (AvgIpc) is 2.76. The molecule has 0 saturated heterocycles. The van der Waals surface area contributed by atoms with Gasteiger partial charge in [0.1, 0.15) is 5.82 Å². The van der Waals surface area contributed by atoms with Gasteiger partial charge in [-0.2, -0.15) is 0 Å². The van der Waals surface area contributed by atoms with Crippen molar-refractivity contribution in [2.24, 2.45) is 0 Å². The number of anilines is 2. The predicted molar refractivity (Wildman–Crippen MR) is 121 cm³/mol. The summed E-state index contributed by atoms with van der Waals surface area (Å²) in [4.78, 5) is 42.2. The molecule has 3 rings (SSSR count). The SMILES string of the molecule is CCCCN(C(=O)CC1OCCc2ccccc21)c1c(N)n(CCCC)c(=O)[nH]c1=O. The molecule has 1 aromatic heterocycles. The molecule has 3 N–H and O–H groups in total. The standard InChI is InChI=1S/C23H32N4O4/c1-3-5-12-26(20-21(24)27(13-6-4-2)23(30)25-22(20)29)19(28)15-18-17-10-8-7-9-16(17)11-14-31-18/h7-10,18H,3-6,11-15,24H2,1-2H3,(H,25,29,30). The fraction of sp³-hybridized carbons (Fsp3) is 0.522. The Morgan fingerprint density at radius 1 is 1.23 bits per heavy atom. The van der Waals surface area contributed by atoms with Crippen molar-refractivity contribution < 1.29 is 9.53 Å². The van der Waals surface area contributed by atoms with E-state index in [1.165, 1.54) is 15.0 Å². The van der Waals surface area contributed by atoms with Gasteiger partial charge in [0.25, 0.3) is 5.56 Å². The average molecular weight is 429 g/mol. The molecule has 1 aliphatic rings. The van der Waals surface area contributed by atoms with Crippen molar-refractivity contribution in [2.75, 3.05) is 23.8 Å². The van der Waals surface area contributed by atoms with Gasteiger partial charge >= 0.3 is 5.69 Å². The number of rotatable bonds is 9. The highest BCUT2D eigenvalue weighted by atomic mass is 16.5. The van der Waals surface area contributed by atoms with E-state index in [9.17, 15) is 14.4 Å². The molecule has 0 radical (unpaired) electrons. The zero-order valence-electron chi connectivity index (χ0n) is 18.4. The van der Waals surface area contributed by atoms with Crippen molar-refractivity contribution in [3.05, 3.63) is 56.2 Å². The van der Waals surface area contributed by atoms with Crippen LogP contribution in [-0.4, -0.2) is 28.6 Å². The number of ether oxygens (including phenoxy) is 1. The van der Waals surface area contributed by atoms with Gasteiger partial charge in [-0.15, -0.1) is 0 Å². The molecule has 1 amide bonds. The number of hydrogen-bond donors (Lipinski definition) is 2. The molecule has 0 aliphatic carbocycles. The second kappa shape index (κ2) is 10.4. The Morgan fingerprint density at radius 3 is 2.71 bits per heavy atom. The van der Waals surface area contributed by atoms with Crippen LogP contribution in [0.5, 0.6) is 0 Å². The molecule has 1 unspecified atom stereocenters. The third kappa shape index (κ3) is 5.07. The van der Waals surface area contributed by atoms with Crippen LogP contribution in [0.15, 0.2) is 33.9 Å². The van der Waals surface area contributed by atoms with Crippen molar-refractivity contribution in [3.63, 3.8) is 0 Å². The minimum absolute atomic E-state index is 0.0385. The Morgan fingerprint density at radius 2 is 1.97 bits per heavy atom. The first-order chi connectivity index (χ1) is 15.0. The number of nitrogen functional groups attached to an aromatic ring is 1. The highest BCUT2D eigenvalue weighted by Crippen LogP contribution is 2.31. The molecule has 1 atom stereocenters. The van der Waals surface area contributed by atoms with Crippen LogP contribution in [0.2, 0.25) is 0 Å². The lowest BCUT2D eigenvalue weighted by Crippen LogP contribution is -2.42. The molecule has 2 aromatic rings. The Labute approximate surface area is 182 Å². The second-order valence-corrected chi connectivity index (χ2v) is 7.91. The van der Waals surface area contributed by atoms with Crippen LogP contribution in [-0.2, 0) is 22.5 Å². The fourth-order valence-electron chi connectivity index (χ4n) is 3.97. The Kier molecular flexibility index (Phi) is 7.68. The van der Waals surface area contributed by atoms with Gasteiger partial charge in [-0.1, -0.05) is 51.0 Å². The number of benzene rings is 1. The molecule has 1 aromatic carbocycles. The van der Waals surface area contributed by atoms with Gasteiger partial charge in [0, 0.05) is 13.1 Å². The first-order valence-electron chi connectivity index (χ1n) is 11.1. The number of aromatic amines is 1. The van der Waals surface area contributed by atoms with Crippen molar-refractivity contribution in [1.29, 1.82) is 0 Å². The molecule has 168 valence electrons. The number of fused-ring (bicyclic) bond motifs is 1. The van der Waals surface area contributed by atoms with E-state index in [0.717, 1.165) is 31.2 Å². The molecule has 0 spiro atoms. The first kappa shape index (κ1) is 22.8. The van der Waals surface area contributed by atoms with Crippen LogP contribution in [0.4, 0.5) is 11.5 Å². The topological polar surface area (TPSA) is 110 Å². The molecule has 31 heavy (non-hydrogen) atoms. The summed E-state index contributed by atoms with van der Waals surface area (Å²) in [6.07, 6.45) is 3.72. The number of nitrogens with two attached hydrogens (primary N) is 1. The Balaban J connectivity index is 1.95. The molecule has 1 aliphatic heterocycles. The number of amides is 1. The number of H-pyrrole nitrogens is 1. The Hall–Kier alpha value is -2.87. The van der Waals surface area contributed by atoms with Crippen LogP contribution >= 0.6 is 0 Å². The van der Waals surface area contributed by atoms with E-state index in [4.69, 9.17) is 10.5 Å². The Bertz CT molecular complexity index is 1030. The summed E-state index contributed by atoms with van der Waals surface area (Å²) in [5, 5.41) is 0. The van der Waals surface area contributed by atoms with E-state index in [2.05, 4.69) is 11.1 Å². The quantitative estimate of drug-likeness (QED) is 0.638. The molecular weight excluding hydrogens is 396 g/mol. The highest BCUT2D eigenvalue weighted by Gasteiger charge is 2.29. The summed E-state index contributed by atoms with van der Waals surface area (Å²) in [6.45, 7) is 5.31. The van der Waals surface area contributed by atoms with E-state index >= 15 is 0 Å². The zero-order chi connectivity index (χ0) is 22.4. The number of hydrogen-bond acceptors (Lipinski definition) is 5. The minimum Gasteiger partial charge on any atom is -0.383 e. The van der Waals surface area contributed by atoms with Gasteiger partial charge in [0.05, 0.1) is 19.1 Å². The van der Waals surface area contributed by atoms with Crippen molar-refractivity contribution >= 4 is 17.4 Å². The highest BCUT2D eigenvalue weighted by molar-refractivity contribution is 5.95. The zero-order valence-corrected chi connectivity index (χ0v) is 18.4. The van der Waals surface area contributed by atoms with E-state index in [1.54, 1.807) is 0 Å². The first-order valence-corrected chi connectivity index (χ1v) is 11.1. The molecule has 2 heterocycles. The van der Waals surface area contributed by atoms with E-state index in [1.807, 2.05) is 32.0 Å². The minimum atomic E-state index is -0.635. The van der Waals surface area contributed by atoms with Gasteiger partial charge in [-0.05, 0) is 30.4 Å². The van der Waals surface area contributed by atoms with Crippen LogP contribution in [0, 0.1) is 0 Å². The van der Waals surface area contributed by atoms with Crippen molar-refractivity contribution in [1.82, 2.24) is 9.55 Å². The van der Waals surface area contributed by atoms with Gasteiger partial charge in [-0.3, -0.25) is 19.1 Å². The van der Waals surface area contributed by atoms with Crippen molar-refractivity contribution in [2.45, 2.75) is 65.0 Å². The molecule has 0 bridgehead atoms. The summed E-state index contributed by atoms with van der Waals surface area (Å²) >= 11 is 0. The fourth-order valence-corrected chi connectivity index (χ4v) is 3.97. The number of carbonyl (C=O) groups is 1. The van der Waals surface area contributed by atoms with Crippen LogP contribution in [0.1, 0.15) is 63.2 Å². The largest absolute Gasteiger partial charge is 0.383 e. The summed E-state index contributed by atoms with van der Waals surface area (Å²) in [5.41, 5.74) is 7.32. The monoisotopic (exact) mass is 428 g/mol. The predicted octanol–water partition coefficient (Wildman–Crippen LogP) is 2.76. The normalized spacial score (nSPS) is 15.5. The molecular formula is C23H32N4O4.